The molecule has 2 saturated carbocycles. The quantitative estimate of drug-likeness (QED) is 0.719. The smallest absolute Gasteiger partial charge is 0.323 e. The Bertz CT molecular complexity index is 360. The molecule has 0 aromatic heterocycles. The summed E-state index contributed by atoms with van der Waals surface area (Å²) < 4.78 is 5.61. The number of fused-ring (bicyclic) bond motifs is 2. The van der Waals surface area contributed by atoms with E-state index in [0.717, 1.165) is 31.2 Å². The summed E-state index contributed by atoms with van der Waals surface area (Å²) in [6.07, 6.45) is 7.67. The Morgan fingerprint density at radius 1 is 1.16 bits per heavy atom. The number of hydrogen-bond acceptors (Lipinski definition) is 3. The fourth-order valence-electron chi connectivity index (χ4n) is 4.43. The topological polar surface area (TPSA) is 29.5 Å². The predicted octanol–water partition coefficient (Wildman–Crippen LogP) is 2.98. The molecular formula is C16H27NO2. The molecule has 3 nitrogen and oxygen atoms in total. The summed E-state index contributed by atoms with van der Waals surface area (Å²) in [5.74, 6) is 1.80. The Labute approximate surface area is 116 Å². The molecule has 0 spiro atoms. The number of nitrogens with zero attached hydrogens (tertiary/aromatic N) is 1. The van der Waals surface area contributed by atoms with E-state index in [1.807, 2.05) is 20.8 Å². The number of ether oxygens (including phenoxy) is 1. The lowest BCUT2D eigenvalue weighted by molar-refractivity contribution is -0.161. The summed E-state index contributed by atoms with van der Waals surface area (Å²) in [5, 5.41) is 0. The summed E-state index contributed by atoms with van der Waals surface area (Å²) in [5.41, 5.74) is -0.361. The molecule has 3 rings (SSSR count). The van der Waals surface area contributed by atoms with Crippen LogP contribution < -0.4 is 0 Å². The zero-order chi connectivity index (χ0) is 13.6. The van der Waals surface area contributed by atoms with Crippen LogP contribution in [0.15, 0.2) is 0 Å². The van der Waals surface area contributed by atoms with E-state index in [-0.39, 0.29) is 17.6 Å². The van der Waals surface area contributed by atoms with Gasteiger partial charge in [0.1, 0.15) is 11.6 Å². The molecule has 2 bridgehead atoms. The van der Waals surface area contributed by atoms with Gasteiger partial charge in [0.15, 0.2) is 0 Å². The molecule has 1 heterocycles. The second-order valence-electron chi connectivity index (χ2n) is 7.67. The highest BCUT2D eigenvalue weighted by atomic mass is 16.6. The average Bonchev–Trinajstić information content (AvgIpc) is 3.02. The zero-order valence-electron chi connectivity index (χ0n) is 12.5. The van der Waals surface area contributed by atoms with Gasteiger partial charge in [-0.2, -0.15) is 0 Å². The Kier molecular flexibility index (Phi) is 3.36. The summed E-state index contributed by atoms with van der Waals surface area (Å²) >= 11 is 0. The SMILES string of the molecule is CC(C)(C)OC(=O)[C@H]1CCCN1C1CC2CCC1C2. The third-order valence-electron chi connectivity index (χ3n) is 5.10. The van der Waals surface area contributed by atoms with Crippen molar-refractivity contribution in [3.8, 4) is 0 Å². The molecule has 0 aromatic carbocycles. The highest BCUT2D eigenvalue weighted by molar-refractivity contribution is 5.76. The van der Waals surface area contributed by atoms with Crippen LogP contribution in [0.4, 0.5) is 0 Å². The first kappa shape index (κ1) is 13.4. The van der Waals surface area contributed by atoms with Gasteiger partial charge in [0.05, 0.1) is 0 Å². The minimum Gasteiger partial charge on any atom is -0.459 e. The van der Waals surface area contributed by atoms with E-state index in [1.165, 1.54) is 25.7 Å². The molecule has 2 aliphatic carbocycles. The monoisotopic (exact) mass is 265 g/mol. The maximum Gasteiger partial charge on any atom is 0.323 e. The van der Waals surface area contributed by atoms with E-state index in [4.69, 9.17) is 4.74 Å². The van der Waals surface area contributed by atoms with Crippen LogP contribution in [0.1, 0.15) is 59.3 Å². The molecule has 3 fully saturated rings. The lowest BCUT2D eigenvalue weighted by Crippen LogP contribution is -2.47. The molecule has 0 radical (unpaired) electrons. The van der Waals surface area contributed by atoms with E-state index in [0.29, 0.717) is 6.04 Å². The lowest BCUT2D eigenvalue weighted by Gasteiger charge is -2.35. The molecule has 108 valence electrons. The third kappa shape index (κ3) is 2.67. The number of rotatable bonds is 2. The average molecular weight is 265 g/mol. The van der Waals surface area contributed by atoms with Crippen molar-refractivity contribution in [1.82, 2.24) is 4.90 Å². The number of likely N-dealkylation sites (tertiary alicyclic amines) is 1. The Balaban J connectivity index is 1.66. The number of hydrogen-bond donors (Lipinski definition) is 0. The molecule has 3 heteroatoms. The van der Waals surface area contributed by atoms with Gasteiger partial charge in [0.2, 0.25) is 0 Å². The minimum absolute atomic E-state index is 0.00720. The number of carbonyl (C=O) groups excluding carboxylic acids is 1. The Morgan fingerprint density at radius 3 is 2.53 bits per heavy atom. The van der Waals surface area contributed by atoms with Crippen LogP contribution in [0.25, 0.3) is 0 Å². The molecule has 1 aliphatic heterocycles. The van der Waals surface area contributed by atoms with Gasteiger partial charge in [-0.3, -0.25) is 9.69 Å². The number of carbonyl (C=O) groups is 1. The molecule has 3 unspecified atom stereocenters. The normalized spacial score (nSPS) is 38.9. The third-order valence-corrected chi connectivity index (χ3v) is 5.10. The molecular weight excluding hydrogens is 238 g/mol. The van der Waals surface area contributed by atoms with Crippen molar-refractivity contribution in [1.29, 1.82) is 0 Å². The second-order valence-corrected chi connectivity index (χ2v) is 7.67. The van der Waals surface area contributed by atoms with Crippen LogP contribution in [-0.4, -0.2) is 35.1 Å². The van der Waals surface area contributed by atoms with Gasteiger partial charge in [0.25, 0.3) is 0 Å². The first-order chi connectivity index (χ1) is 8.94. The molecule has 0 aromatic rings. The highest BCUT2D eigenvalue weighted by Crippen LogP contribution is 2.48. The van der Waals surface area contributed by atoms with E-state index >= 15 is 0 Å². The van der Waals surface area contributed by atoms with Gasteiger partial charge in [-0.1, -0.05) is 6.42 Å². The Morgan fingerprint density at radius 2 is 1.95 bits per heavy atom. The first-order valence-corrected chi connectivity index (χ1v) is 7.92. The zero-order valence-corrected chi connectivity index (χ0v) is 12.5. The van der Waals surface area contributed by atoms with Crippen LogP contribution in [-0.2, 0) is 9.53 Å². The standard InChI is InChI=1S/C16H27NO2/c1-16(2,3)19-15(18)13-5-4-8-17(13)14-10-11-6-7-12(14)9-11/h11-14H,4-10H2,1-3H3/t11?,12?,13-,14?/m1/s1. The Hall–Kier alpha value is -0.570. The van der Waals surface area contributed by atoms with E-state index in [1.54, 1.807) is 0 Å². The summed E-state index contributed by atoms with van der Waals surface area (Å²) in [6, 6.07) is 0.697. The summed E-state index contributed by atoms with van der Waals surface area (Å²) in [7, 11) is 0. The van der Waals surface area contributed by atoms with Crippen molar-refractivity contribution in [2.75, 3.05) is 6.54 Å². The molecule has 3 aliphatic rings. The molecule has 0 N–H and O–H groups in total. The molecule has 4 atom stereocenters. The summed E-state index contributed by atoms with van der Waals surface area (Å²) in [6.45, 7) is 6.98. The maximum atomic E-state index is 12.4. The van der Waals surface area contributed by atoms with Gasteiger partial charge in [-0.25, -0.2) is 0 Å². The van der Waals surface area contributed by atoms with Crippen LogP contribution in [0.3, 0.4) is 0 Å². The molecule has 1 saturated heterocycles. The molecule has 0 amide bonds. The highest BCUT2D eigenvalue weighted by Gasteiger charge is 2.47. The van der Waals surface area contributed by atoms with Crippen molar-refractivity contribution < 1.29 is 9.53 Å². The van der Waals surface area contributed by atoms with Gasteiger partial charge < -0.3 is 4.74 Å². The fourth-order valence-corrected chi connectivity index (χ4v) is 4.43. The van der Waals surface area contributed by atoms with E-state index < -0.39 is 0 Å². The minimum atomic E-state index is -0.361. The van der Waals surface area contributed by atoms with Crippen molar-refractivity contribution in [3.05, 3.63) is 0 Å². The van der Waals surface area contributed by atoms with E-state index in [9.17, 15) is 4.79 Å². The van der Waals surface area contributed by atoms with Crippen molar-refractivity contribution in [2.24, 2.45) is 11.8 Å². The van der Waals surface area contributed by atoms with Crippen molar-refractivity contribution >= 4 is 5.97 Å². The van der Waals surface area contributed by atoms with Crippen LogP contribution >= 0.6 is 0 Å². The maximum absolute atomic E-state index is 12.4. The van der Waals surface area contributed by atoms with Crippen molar-refractivity contribution in [2.45, 2.75) is 77.0 Å². The van der Waals surface area contributed by atoms with Gasteiger partial charge in [-0.15, -0.1) is 0 Å². The first-order valence-electron chi connectivity index (χ1n) is 7.92. The second kappa shape index (κ2) is 4.76. The van der Waals surface area contributed by atoms with Gasteiger partial charge in [-0.05, 0) is 71.3 Å². The molecule has 19 heavy (non-hydrogen) atoms. The largest absolute Gasteiger partial charge is 0.459 e. The fraction of sp³-hybridized carbons (Fsp3) is 0.938. The van der Waals surface area contributed by atoms with Gasteiger partial charge in [0, 0.05) is 6.04 Å². The van der Waals surface area contributed by atoms with Gasteiger partial charge >= 0.3 is 5.97 Å². The lowest BCUT2D eigenvalue weighted by atomic mass is 9.93. The predicted molar refractivity (Wildman–Crippen MR) is 74.8 cm³/mol. The van der Waals surface area contributed by atoms with Crippen LogP contribution in [0.5, 0.6) is 0 Å². The van der Waals surface area contributed by atoms with E-state index in [2.05, 4.69) is 4.90 Å². The van der Waals surface area contributed by atoms with Crippen LogP contribution in [0.2, 0.25) is 0 Å². The van der Waals surface area contributed by atoms with Crippen LogP contribution in [0, 0.1) is 11.8 Å². The summed E-state index contributed by atoms with van der Waals surface area (Å²) in [4.78, 5) is 14.9. The van der Waals surface area contributed by atoms with Crippen molar-refractivity contribution in [3.63, 3.8) is 0 Å². The number of esters is 1.